The molecule has 2 N–H and O–H groups in total. The smallest absolute Gasteiger partial charge is 0.414 e. The van der Waals surface area contributed by atoms with Crippen molar-refractivity contribution in [3.63, 3.8) is 0 Å². The highest BCUT2D eigenvalue weighted by Gasteiger charge is 2.25. The van der Waals surface area contributed by atoms with Crippen molar-refractivity contribution in [1.82, 2.24) is 4.98 Å². The Labute approximate surface area is 125 Å². The van der Waals surface area contributed by atoms with E-state index in [9.17, 15) is 14.7 Å². The van der Waals surface area contributed by atoms with Gasteiger partial charge in [0.2, 0.25) is 11.5 Å². The van der Waals surface area contributed by atoms with Gasteiger partial charge in [-0.15, -0.1) is 0 Å². The number of furan rings is 1. The Morgan fingerprint density at radius 3 is 2.82 bits per heavy atom. The van der Waals surface area contributed by atoms with Crippen LogP contribution < -0.4 is 10.1 Å². The number of carbonyl (C=O) groups is 2. The molecular formula is C14H14N2O6. The lowest BCUT2D eigenvalue weighted by molar-refractivity contribution is -0.132. The molecule has 0 unspecified atom stereocenters. The first-order chi connectivity index (χ1) is 10.5. The second-order valence-electron chi connectivity index (χ2n) is 4.12. The quantitative estimate of drug-likeness (QED) is 0.835. The van der Waals surface area contributed by atoms with E-state index >= 15 is 0 Å². The SMILES string of the molecule is CCOC(=O)Nc1oc(-c2cccnc2)c(O)c1OC(C)=O. The molecule has 0 bridgehead atoms. The van der Waals surface area contributed by atoms with E-state index in [0.29, 0.717) is 5.56 Å². The van der Waals surface area contributed by atoms with Crippen LogP contribution in [0.2, 0.25) is 0 Å². The van der Waals surface area contributed by atoms with Crippen LogP contribution >= 0.6 is 0 Å². The maximum Gasteiger partial charge on any atom is 0.414 e. The second-order valence-corrected chi connectivity index (χ2v) is 4.12. The van der Waals surface area contributed by atoms with Crippen molar-refractivity contribution in [2.45, 2.75) is 13.8 Å². The third kappa shape index (κ3) is 3.35. The summed E-state index contributed by atoms with van der Waals surface area (Å²) in [6, 6.07) is 3.28. The van der Waals surface area contributed by atoms with Crippen LogP contribution in [0.5, 0.6) is 11.5 Å². The molecule has 0 saturated heterocycles. The molecule has 0 aromatic carbocycles. The van der Waals surface area contributed by atoms with Crippen molar-refractivity contribution in [1.29, 1.82) is 0 Å². The Morgan fingerprint density at radius 2 is 2.23 bits per heavy atom. The van der Waals surface area contributed by atoms with Gasteiger partial charge < -0.3 is 19.0 Å². The van der Waals surface area contributed by atoms with Crippen LogP contribution in [-0.4, -0.2) is 28.8 Å². The van der Waals surface area contributed by atoms with E-state index in [1.807, 2.05) is 0 Å². The Bertz CT molecular complexity index is 680. The number of esters is 1. The number of hydrogen-bond acceptors (Lipinski definition) is 7. The minimum atomic E-state index is -0.803. The number of pyridine rings is 1. The molecule has 2 aromatic heterocycles. The van der Waals surface area contributed by atoms with Crippen molar-refractivity contribution in [3.8, 4) is 22.8 Å². The lowest BCUT2D eigenvalue weighted by Gasteiger charge is -2.04. The van der Waals surface area contributed by atoms with Gasteiger partial charge in [0.1, 0.15) is 0 Å². The molecule has 1 amide bonds. The van der Waals surface area contributed by atoms with Crippen molar-refractivity contribution in [2.75, 3.05) is 11.9 Å². The average Bonchev–Trinajstić information content (AvgIpc) is 2.77. The second kappa shape index (κ2) is 6.61. The largest absolute Gasteiger partial charge is 0.502 e. The van der Waals surface area contributed by atoms with Crippen LogP contribution in [-0.2, 0) is 9.53 Å². The average molecular weight is 306 g/mol. The molecule has 8 nitrogen and oxygen atoms in total. The topological polar surface area (TPSA) is 111 Å². The van der Waals surface area contributed by atoms with Crippen molar-refractivity contribution < 1.29 is 28.6 Å². The Morgan fingerprint density at radius 1 is 1.45 bits per heavy atom. The zero-order valence-electron chi connectivity index (χ0n) is 12.0. The molecule has 2 heterocycles. The Balaban J connectivity index is 2.43. The van der Waals surface area contributed by atoms with E-state index in [0.717, 1.165) is 6.92 Å². The summed E-state index contributed by atoms with van der Waals surface area (Å²) in [5, 5.41) is 12.4. The van der Waals surface area contributed by atoms with Crippen LogP contribution in [0.25, 0.3) is 11.3 Å². The lowest BCUT2D eigenvalue weighted by atomic mass is 10.2. The number of aromatic hydroxyl groups is 1. The summed E-state index contributed by atoms with van der Waals surface area (Å²) in [7, 11) is 0. The normalized spacial score (nSPS) is 10.1. The van der Waals surface area contributed by atoms with Crippen LogP contribution in [0, 0.1) is 0 Å². The molecule has 2 rings (SSSR count). The van der Waals surface area contributed by atoms with Gasteiger partial charge >= 0.3 is 12.1 Å². The molecule has 0 aliphatic rings. The minimum absolute atomic E-state index is 0.0103. The van der Waals surface area contributed by atoms with E-state index in [1.165, 1.54) is 6.20 Å². The van der Waals surface area contributed by atoms with Crippen LogP contribution in [0.3, 0.4) is 0 Å². The van der Waals surface area contributed by atoms with Crippen LogP contribution in [0.4, 0.5) is 10.7 Å². The number of anilines is 1. The van der Waals surface area contributed by atoms with Crippen molar-refractivity contribution >= 4 is 17.9 Å². The number of carbonyl (C=O) groups excluding carboxylic acids is 2. The van der Waals surface area contributed by atoms with Crippen molar-refractivity contribution in [2.24, 2.45) is 0 Å². The van der Waals surface area contributed by atoms with Gasteiger partial charge in [0.25, 0.3) is 5.88 Å². The number of nitrogens with one attached hydrogen (secondary N) is 1. The first-order valence-corrected chi connectivity index (χ1v) is 6.41. The number of aromatic nitrogens is 1. The molecule has 0 saturated carbocycles. The molecule has 0 aliphatic heterocycles. The molecule has 0 spiro atoms. The van der Waals surface area contributed by atoms with Crippen molar-refractivity contribution in [3.05, 3.63) is 24.5 Å². The van der Waals surface area contributed by atoms with E-state index in [2.05, 4.69) is 10.3 Å². The number of hydrogen-bond donors (Lipinski definition) is 2. The first kappa shape index (κ1) is 15.4. The van der Waals surface area contributed by atoms with Gasteiger partial charge in [-0.2, -0.15) is 0 Å². The summed E-state index contributed by atoms with van der Waals surface area (Å²) in [6.07, 6.45) is 2.20. The van der Waals surface area contributed by atoms with Gasteiger partial charge in [0.05, 0.1) is 6.61 Å². The van der Waals surface area contributed by atoms with Gasteiger partial charge in [-0.05, 0) is 19.1 Å². The summed E-state index contributed by atoms with van der Waals surface area (Å²) in [5.74, 6) is -1.61. The maximum atomic E-state index is 11.5. The predicted molar refractivity (Wildman–Crippen MR) is 75.6 cm³/mol. The fourth-order valence-electron chi connectivity index (χ4n) is 1.68. The predicted octanol–water partition coefficient (Wildman–Crippen LogP) is 2.54. The number of amides is 1. The van der Waals surface area contributed by atoms with Gasteiger partial charge in [-0.3, -0.25) is 15.1 Å². The van der Waals surface area contributed by atoms with Gasteiger partial charge in [0.15, 0.2) is 5.76 Å². The van der Waals surface area contributed by atoms with Crippen LogP contribution in [0.15, 0.2) is 28.9 Å². The fourth-order valence-corrected chi connectivity index (χ4v) is 1.68. The zero-order valence-corrected chi connectivity index (χ0v) is 12.0. The fraction of sp³-hybridized carbons (Fsp3) is 0.214. The molecule has 0 aliphatic carbocycles. The molecular weight excluding hydrogens is 292 g/mol. The number of nitrogens with zero attached hydrogens (tertiary/aromatic N) is 1. The summed E-state index contributed by atoms with van der Waals surface area (Å²) < 4.78 is 15.0. The third-order valence-corrected chi connectivity index (χ3v) is 2.50. The van der Waals surface area contributed by atoms with Gasteiger partial charge in [-0.25, -0.2) is 4.79 Å². The Kier molecular flexibility index (Phi) is 4.62. The molecule has 0 radical (unpaired) electrons. The first-order valence-electron chi connectivity index (χ1n) is 6.41. The van der Waals surface area contributed by atoms with E-state index in [1.54, 1.807) is 25.3 Å². The van der Waals surface area contributed by atoms with Gasteiger partial charge in [-0.1, -0.05) is 0 Å². The highest BCUT2D eigenvalue weighted by molar-refractivity contribution is 5.89. The zero-order chi connectivity index (χ0) is 16.1. The standard InChI is InChI=1S/C14H14N2O6/c1-3-20-14(19)16-13-12(21-8(2)17)10(18)11(22-13)9-5-4-6-15-7-9/h4-7,18H,3H2,1-2H3,(H,16,19). The summed E-state index contributed by atoms with van der Waals surface area (Å²) in [6.45, 7) is 2.94. The summed E-state index contributed by atoms with van der Waals surface area (Å²) in [4.78, 5) is 26.5. The van der Waals surface area contributed by atoms with Crippen LogP contribution in [0.1, 0.15) is 13.8 Å². The summed E-state index contributed by atoms with van der Waals surface area (Å²) in [5.41, 5.74) is 0.449. The van der Waals surface area contributed by atoms with E-state index < -0.39 is 17.8 Å². The third-order valence-electron chi connectivity index (χ3n) is 2.50. The highest BCUT2D eigenvalue weighted by Crippen LogP contribution is 2.46. The number of rotatable bonds is 4. The maximum absolute atomic E-state index is 11.5. The molecule has 0 fully saturated rings. The molecule has 2 aromatic rings. The Hall–Kier alpha value is -3.03. The number of ether oxygens (including phenoxy) is 2. The summed E-state index contributed by atoms with van der Waals surface area (Å²) >= 11 is 0. The van der Waals surface area contributed by atoms with E-state index in [4.69, 9.17) is 13.9 Å². The monoisotopic (exact) mass is 306 g/mol. The molecule has 116 valence electrons. The lowest BCUT2D eigenvalue weighted by Crippen LogP contribution is -2.14. The highest BCUT2D eigenvalue weighted by atomic mass is 16.6. The molecule has 0 atom stereocenters. The molecule has 22 heavy (non-hydrogen) atoms. The minimum Gasteiger partial charge on any atom is -0.502 e. The van der Waals surface area contributed by atoms with E-state index in [-0.39, 0.29) is 24.0 Å². The van der Waals surface area contributed by atoms with Gasteiger partial charge in [0, 0.05) is 24.9 Å². The molecule has 8 heteroatoms.